The Balaban J connectivity index is 0.000000344. The Hall–Kier alpha value is 0.901. The summed E-state index contributed by atoms with van der Waals surface area (Å²) in [6.07, 6.45) is 4.11. The van der Waals surface area contributed by atoms with Gasteiger partial charge in [0.05, 0.1) is 0 Å². The molecule has 0 aromatic heterocycles. The van der Waals surface area contributed by atoms with Gasteiger partial charge in [0.15, 0.2) is 24.0 Å². The summed E-state index contributed by atoms with van der Waals surface area (Å²) in [6.45, 7) is 20.4. The van der Waals surface area contributed by atoms with Crippen molar-refractivity contribution in [1.82, 2.24) is 0 Å². The van der Waals surface area contributed by atoms with Crippen LogP contribution >= 0.6 is 11.1 Å². The minimum atomic E-state index is -1.35. The third-order valence-electron chi connectivity index (χ3n) is 3.72. The van der Waals surface area contributed by atoms with E-state index in [-0.39, 0.29) is 0 Å². The Labute approximate surface area is 129 Å². The van der Waals surface area contributed by atoms with Crippen molar-refractivity contribution in [3.05, 3.63) is 0 Å². The van der Waals surface area contributed by atoms with Crippen LogP contribution in [0.3, 0.4) is 0 Å². The normalized spacial score (nSPS) is 27.5. The maximum atomic E-state index is 6.50. The van der Waals surface area contributed by atoms with Crippen LogP contribution in [0.15, 0.2) is 0 Å². The van der Waals surface area contributed by atoms with Crippen molar-refractivity contribution in [2.45, 2.75) is 90.0 Å². The van der Waals surface area contributed by atoms with Crippen molar-refractivity contribution in [1.29, 1.82) is 0 Å². The van der Waals surface area contributed by atoms with Crippen molar-refractivity contribution in [2.24, 2.45) is 0 Å². The second-order valence-corrected chi connectivity index (χ2v) is 24.6. The van der Waals surface area contributed by atoms with E-state index in [9.17, 15) is 0 Å². The van der Waals surface area contributed by atoms with Gasteiger partial charge in [0, 0.05) is 0 Å². The fourth-order valence-corrected chi connectivity index (χ4v) is 12.9. The standard InChI is InChI=1S/C8H17ClSi.C6H18OSi2/c1-8(2)6-4-5-7-10(8,3)9;1-8(2,3)7-9(4,5)6/h4-7H2,1-3H3;1-6H3. The van der Waals surface area contributed by atoms with Gasteiger partial charge >= 0.3 is 0 Å². The maximum Gasteiger partial charge on any atom is 0.170 e. The summed E-state index contributed by atoms with van der Waals surface area (Å²) in [5, 5.41) is 0.479. The third kappa shape index (κ3) is 8.71. The lowest BCUT2D eigenvalue weighted by atomic mass is 10.1. The highest BCUT2D eigenvalue weighted by Gasteiger charge is 2.43. The molecule has 0 aliphatic carbocycles. The van der Waals surface area contributed by atoms with E-state index in [0.717, 1.165) is 0 Å². The average molecular weight is 339 g/mol. The van der Waals surface area contributed by atoms with Crippen molar-refractivity contribution in [2.75, 3.05) is 0 Å². The molecular weight excluding hydrogens is 304 g/mol. The zero-order valence-corrected chi connectivity index (χ0v) is 18.4. The van der Waals surface area contributed by atoms with Crippen LogP contribution in [0.5, 0.6) is 0 Å². The third-order valence-corrected chi connectivity index (χ3v) is 15.1. The Kier molecular flexibility index (Phi) is 7.10. The first kappa shape index (κ1) is 19.9. The number of hydrogen-bond donors (Lipinski definition) is 0. The van der Waals surface area contributed by atoms with Gasteiger partial charge in [-0.05, 0) is 56.8 Å². The first-order chi connectivity index (χ1) is 8.16. The average Bonchev–Trinajstić information content (AvgIpc) is 2.04. The predicted octanol–water partition coefficient (Wildman–Crippen LogP) is 6.44. The van der Waals surface area contributed by atoms with Gasteiger partial charge in [0.25, 0.3) is 0 Å². The molecule has 1 fully saturated rings. The molecule has 0 amide bonds. The van der Waals surface area contributed by atoms with Crippen LogP contribution in [0.25, 0.3) is 0 Å². The maximum absolute atomic E-state index is 6.50. The number of hydrogen-bond acceptors (Lipinski definition) is 1. The summed E-state index contributed by atoms with van der Waals surface area (Å²) in [5.74, 6) is 0. The molecule has 116 valence electrons. The predicted molar refractivity (Wildman–Crippen MR) is 97.9 cm³/mol. The molecule has 19 heavy (non-hydrogen) atoms. The lowest BCUT2D eigenvalue weighted by molar-refractivity contribution is 0.518. The summed E-state index contributed by atoms with van der Waals surface area (Å²) < 4.78 is 5.90. The molecule has 0 bridgehead atoms. The van der Waals surface area contributed by atoms with E-state index in [0.29, 0.717) is 5.04 Å². The highest BCUT2D eigenvalue weighted by atomic mass is 35.6. The summed E-state index contributed by atoms with van der Waals surface area (Å²) in [4.78, 5) is 0. The SMILES string of the molecule is CC1(C)CCCC[Si]1(C)Cl.C[Si](C)(C)O[Si](C)(C)C. The van der Waals surface area contributed by atoms with Gasteiger partial charge in [-0.3, -0.25) is 0 Å². The lowest BCUT2D eigenvalue weighted by Gasteiger charge is -2.41. The van der Waals surface area contributed by atoms with E-state index in [1.165, 1.54) is 25.3 Å². The van der Waals surface area contributed by atoms with Crippen LogP contribution in [-0.4, -0.2) is 24.0 Å². The monoisotopic (exact) mass is 338 g/mol. The van der Waals surface area contributed by atoms with E-state index in [2.05, 4.69) is 59.7 Å². The second-order valence-electron chi connectivity index (χ2n) is 8.62. The highest BCUT2D eigenvalue weighted by Crippen LogP contribution is 2.50. The largest absolute Gasteiger partial charge is 0.456 e. The summed E-state index contributed by atoms with van der Waals surface area (Å²) in [7, 11) is -3.81. The molecule has 0 saturated carbocycles. The van der Waals surface area contributed by atoms with E-state index in [4.69, 9.17) is 15.2 Å². The van der Waals surface area contributed by atoms with Crippen molar-refractivity contribution in [3.63, 3.8) is 0 Å². The molecule has 1 unspecified atom stereocenters. The van der Waals surface area contributed by atoms with Crippen LogP contribution in [-0.2, 0) is 4.12 Å². The van der Waals surface area contributed by atoms with Crippen molar-refractivity contribution < 1.29 is 4.12 Å². The zero-order valence-electron chi connectivity index (χ0n) is 14.6. The minimum Gasteiger partial charge on any atom is -0.456 e. The molecular formula is C14H35ClOSi3. The lowest BCUT2D eigenvalue weighted by Crippen LogP contribution is -2.39. The molecule has 1 heterocycles. The molecule has 0 radical (unpaired) electrons. The molecule has 1 atom stereocenters. The van der Waals surface area contributed by atoms with Crippen molar-refractivity contribution in [3.8, 4) is 0 Å². The number of rotatable bonds is 2. The molecule has 1 nitrogen and oxygen atoms in total. The van der Waals surface area contributed by atoms with Gasteiger partial charge in [0.2, 0.25) is 0 Å². The Morgan fingerprint density at radius 3 is 1.53 bits per heavy atom. The molecule has 1 saturated heterocycles. The van der Waals surface area contributed by atoms with Crippen molar-refractivity contribution >= 4 is 35.1 Å². The van der Waals surface area contributed by atoms with E-state index in [1.807, 2.05) is 0 Å². The topological polar surface area (TPSA) is 9.23 Å². The molecule has 0 N–H and O–H groups in total. The Morgan fingerprint density at radius 2 is 1.37 bits per heavy atom. The van der Waals surface area contributed by atoms with Crippen LogP contribution in [0, 0.1) is 0 Å². The molecule has 1 rings (SSSR count). The summed E-state index contributed by atoms with van der Waals surface area (Å²) in [6, 6.07) is 1.32. The fourth-order valence-electron chi connectivity index (χ4n) is 2.54. The Morgan fingerprint density at radius 1 is 0.947 bits per heavy atom. The smallest absolute Gasteiger partial charge is 0.170 e. The quantitative estimate of drug-likeness (QED) is 0.416. The minimum absolute atomic E-state index is 0.479. The van der Waals surface area contributed by atoms with Gasteiger partial charge in [-0.1, -0.05) is 33.2 Å². The van der Waals surface area contributed by atoms with Gasteiger partial charge in [0.1, 0.15) is 0 Å². The van der Waals surface area contributed by atoms with E-state index in [1.54, 1.807) is 0 Å². The second kappa shape index (κ2) is 6.77. The first-order valence-corrected chi connectivity index (χ1v) is 18.1. The van der Waals surface area contributed by atoms with E-state index >= 15 is 0 Å². The van der Waals surface area contributed by atoms with Gasteiger partial charge in [-0.15, -0.1) is 0 Å². The van der Waals surface area contributed by atoms with Crippen LogP contribution in [0.4, 0.5) is 0 Å². The molecule has 1 aliphatic heterocycles. The first-order valence-electron chi connectivity index (χ1n) is 7.55. The van der Waals surface area contributed by atoms with Gasteiger partial charge < -0.3 is 4.12 Å². The van der Waals surface area contributed by atoms with E-state index < -0.39 is 24.0 Å². The van der Waals surface area contributed by atoms with Crippen LogP contribution in [0.2, 0.25) is 56.9 Å². The molecule has 0 aromatic carbocycles. The molecule has 1 aliphatic rings. The fraction of sp³-hybridized carbons (Fsp3) is 1.00. The summed E-state index contributed by atoms with van der Waals surface area (Å²) >= 11 is 6.50. The van der Waals surface area contributed by atoms with Gasteiger partial charge in [-0.25, -0.2) is 0 Å². The zero-order chi connectivity index (χ0) is 15.5. The Bertz CT molecular complexity index is 249. The van der Waals surface area contributed by atoms with Crippen LogP contribution in [0.1, 0.15) is 33.1 Å². The summed E-state index contributed by atoms with van der Waals surface area (Å²) in [5.41, 5.74) is 0. The van der Waals surface area contributed by atoms with Crippen LogP contribution < -0.4 is 0 Å². The van der Waals surface area contributed by atoms with Gasteiger partial charge in [-0.2, -0.15) is 11.1 Å². The number of halogens is 1. The molecule has 0 spiro atoms. The molecule has 5 heteroatoms. The molecule has 0 aromatic rings. The highest BCUT2D eigenvalue weighted by molar-refractivity contribution is 7.21.